The van der Waals surface area contributed by atoms with Crippen molar-refractivity contribution < 1.29 is 33.6 Å². The molecule has 0 saturated heterocycles. The first-order chi connectivity index (χ1) is 12.5. The molecule has 136 valence electrons. The lowest BCUT2D eigenvalue weighted by atomic mass is 10.1. The van der Waals surface area contributed by atoms with Gasteiger partial charge in [-0.1, -0.05) is 18.2 Å². The monoisotopic (exact) mass is 358 g/mol. The van der Waals surface area contributed by atoms with Gasteiger partial charge in [0.2, 0.25) is 5.75 Å². The average molecular weight is 358 g/mol. The van der Waals surface area contributed by atoms with Gasteiger partial charge in [-0.25, -0.2) is 4.79 Å². The van der Waals surface area contributed by atoms with Crippen molar-refractivity contribution in [1.82, 2.24) is 0 Å². The Morgan fingerprint density at radius 1 is 1.00 bits per heavy atom. The summed E-state index contributed by atoms with van der Waals surface area (Å²) in [5, 5.41) is 9.73. The topological polar surface area (TPSA) is 91.3 Å². The van der Waals surface area contributed by atoms with E-state index in [1.165, 1.54) is 45.6 Å². The molecule has 0 fully saturated rings. The number of carbonyl (C=O) groups is 2. The zero-order chi connectivity index (χ0) is 19.1. The summed E-state index contributed by atoms with van der Waals surface area (Å²) in [5.74, 6) is 0.0508. The quantitative estimate of drug-likeness (QED) is 0.366. The molecule has 7 nitrogen and oxygen atoms in total. The van der Waals surface area contributed by atoms with Crippen molar-refractivity contribution >= 4 is 18.0 Å². The van der Waals surface area contributed by atoms with E-state index in [2.05, 4.69) is 4.74 Å². The van der Waals surface area contributed by atoms with E-state index in [1.54, 1.807) is 24.3 Å². The van der Waals surface area contributed by atoms with Crippen LogP contribution < -0.4 is 14.2 Å². The maximum Gasteiger partial charge on any atom is 0.513 e. The highest BCUT2D eigenvalue weighted by molar-refractivity contribution is 6.08. The van der Waals surface area contributed by atoms with E-state index >= 15 is 0 Å². The van der Waals surface area contributed by atoms with Crippen LogP contribution in [0.5, 0.6) is 23.0 Å². The molecular weight excluding hydrogens is 340 g/mol. The fraction of sp³-hybridized carbons (Fsp3) is 0.158. The van der Waals surface area contributed by atoms with Gasteiger partial charge in [0, 0.05) is 0 Å². The molecule has 0 aliphatic carbocycles. The number of ketones is 1. The number of aromatic hydroxyl groups is 1. The number of phenols is 1. The van der Waals surface area contributed by atoms with E-state index in [-0.39, 0.29) is 34.3 Å². The maximum atomic E-state index is 12.2. The van der Waals surface area contributed by atoms with Crippen LogP contribution in [-0.4, -0.2) is 38.4 Å². The summed E-state index contributed by atoms with van der Waals surface area (Å²) >= 11 is 0. The molecule has 0 spiro atoms. The summed E-state index contributed by atoms with van der Waals surface area (Å²) in [4.78, 5) is 23.6. The number of hydrogen-bond donors (Lipinski definition) is 1. The van der Waals surface area contributed by atoms with Gasteiger partial charge in [0.15, 0.2) is 17.3 Å². The summed E-state index contributed by atoms with van der Waals surface area (Å²) in [6.45, 7) is 0. The SMILES string of the molecule is COC(=O)Oc1c(OC)cc(/C=C/C(=O)c2ccccc2O)cc1OC. The van der Waals surface area contributed by atoms with Crippen LogP contribution in [0.4, 0.5) is 4.79 Å². The smallest absolute Gasteiger partial charge is 0.507 e. The second kappa shape index (κ2) is 8.57. The fourth-order valence-corrected chi connectivity index (χ4v) is 2.17. The van der Waals surface area contributed by atoms with E-state index < -0.39 is 6.16 Å². The molecular formula is C19H18O7. The van der Waals surface area contributed by atoms with Gasteiger partial charge in [0.25, 0.3) is 0 Å². The summed E-state index contributed by atoms with van der Waals surface area (Å²) in [6, 6.07) is 9.38. The van der Waals surface area contributed by atoms with Gasteiger partial charge in [-0.2, -0.15) is 0 Å². The molecule has 0 bridgehead atoms. The average Bonchev–Trinajstić information content (AvgIpc) is 2.66. The highest BCUT2D eigenvalue weighted by atomic mass is 16.7. The Hall–Kier alpha value is -3.48. The van der Waals surface area contributed by atoms with E-state index in [9.17, 15) is 14.7 Å². The first kappa shape index (κ1) is 18.9. The van der Waals surface area contributed by atoms with Gasteiger partial charge >= 0.3 is 6.16 Å². The lowest BCUT2D eigenvalue weighted by Crippen LogP contribution is -2.09. The Kier molecular flexibility index (Phi) is 6.21. The molecule has 0 aliphatic rings. The Morgan fingerprint density at radius 3 is 2.15 bits per heavy atom. The molecule has 2 aromatic carbocycles. The number of hydrogen-bond acceptors (Lipinski definition) is 7. The van der Waals surface area contributed by atoms with Crippen molar-refractivity contribution in [3.05, 3.63) is 53.6 Å². The lowest BCUT2D eigenvalue weighted by molar-refractivity contribution is 0.104. The molecule has 0 saturated carbocycles. The number of ether oxygens (including phenoxy) is 4. The summed E-state index contributed by atoms with van der Waals surface area (Å²) in [6.07, 6.45) is 1.92. The summed E-state index contributed by atoms with van der Waals surface area (Å²) in [5.41, 5.74) is 0.757. The Morgan fingerprint density at radius 2 is 1.62 bits per heavy atom. The Balaban J connectivity index is 2.34. The molecule has 0 unspecified atom stereocenters. The maximum absolute atomic E-state index is 12.2. The summed E-state index contributed by atoms with van der Waals surface area (Å²) < 4.78 is 19.9. The molecule has 0 aliphatic heterocycles. The molecule has 2 aromatic rings. The number of methoxy groups -OCH3 is 3. The second-order valence-electron chi connectivity index (χ2n) is 5.03. The highest BCUT2D eigenvalue weighted by Gasteiger charge is 2.17. The van der Waals surface area contributed by atoms with Gasteiger partial charge in [-0.15, -0.1) is 0 Å². The van der Waals surface area contributed by atoms with Crippen LogP contribution in [-0.2, 0) is 4.74 Å². The molecule has 0 radical (unpaired) electrons. The third-order valence-corrected chi connectivity index (χ3v) is 3.43. The van der Waals surface area contributed by atoms with Crippen LogP contribution >= 0.6 is 0 Å². The number of rotatable bonds is 6. The molecule has 0 atom stereocenters. The number of benzene rings is 2. The van der Waals surface area contributed by atoms with Gasteiger partial charge in [0.1, 0.15) is 5.75 Å². The normalized spacial score (nSPS) is 10.4. The van der Waals surface area contributed by atoms with E-state index in [4.69, 9.17) is 14.2 Å². The number of para-hydroxylation sites is 1. The van der Waals surface area contributed by atoms with Crippen LogP contribution in [0.3, 0.4) is 0 Å². The molecule has 0 amide bonds. The number of phenolic OH excluding ortho intramolecular Hbond substituents is 1. The molecule has 26 heavy (non-hydrogen) atoms. The molecule has 7 heteroatoms. The predicted octanol–water partition coefficient (Wildman–Crippen LogP) is 3.45. The first-order valence-electron chi connectivity index (χ1n) is 7.52. The molecule has 1 N–H and O–H groups in total. The Bertz CT molecular complexity index is 815. The van der Waals surface area contributed by atoms with Crippen molar-refractivity contribution in [2.24, 2.45) is 0 Å². The van der Waals surface area contributed by atoms with Crippen molar-refractivity contribution in [3.63, 3.8) is 0 Å². The van der Waals surface area contributed by atoms with E-state index in [0.717, 1.165) is 0 Å². The third kappa shape index (κ3) is 4.32. The summed E-state index contributed by atoms with van der Waals surface area (Å²) in [7, 11) is 3.99. The Labute approximate surface area is 150 Å². The molecule has 2 rings (SSSR count). The molecule has 0 aromatic heterocycles. The fourth-order valence-electron chi connectivity index (χ4n) is 2.17. The van der Waals surface area contributed by atoms with Crippen LogP contribution in [0.25, 0.3) is 6.08 Å². The minimum atomic E-state index is -0.917. The van der Waals surface area contributed by atoms with Crippen LogP contribution in [0.2, 0.25) is 0 Å². The second-order valence-corrected chi connectivity index (χ2v) is 5.03. The molecule has 0 heterocycles. The minimum Gasteiger partial charge on any atom is -0.507 e. The van der Waals surface area contributed by atoms with Crippen molar-refractivity contribution in [2.75, 3.05) is 21.3 Å². The van der Waals surface area contributed by atoms with Crippen LogP contribution in [0, 0.1) is 0 Å². The van der Waals surface area contributed by atoms with Gasteiger partial charge in [-0.3, -0.25) is 4.79 Å². The van der Waals surface area contributed by atoms with E-state index in [1.807, 2.05) is 0 Å². The van der Waals surface area contributed by atoms with Crippen molar-refractivity contribution in [1.29, 1.82) is 0 Å². The van der Waals surface area contributed by atoms with Crippen molar-refractivity contribution in [2.45, 2.75) is 0 Å². The van der Waals surface area contributed by atoms with Crippen LogP contribution in [0.1, 0.15) is 15.9 Å². The largest absolute Gasteiger partial charge is 0.513 e. The zero-order valence-electron chi connectivity index (χ0n) is 14.5. The van der Waals surface area contributed by atoms with Crippen LogP contribution in [0.15, 0.2) is 42.5 Å². The van der Waals surface area contributed by atoms with Gasteiger partial charge in [0.05, 0.1) is 26.9 Å². The highest BCUT2D eigenvalue weighted by Crippen LogP contribution is 2.39. The minimum absolute atomic E-state index is 0.0611. The van der Waals surface area contributed by atoms with Gasteiger partial charge in [-0.05, 0) is 35.9 Å². The zero-order valence-corrected chi connectivity index (χ0v) is 14.5. The number of allylic oxidation sites excluding steroid dienone is 1. The first-order valence-corrected chi connectivity index (χ1v) is 7.52. The third-order valence-electron chi connectivity index (χ3n) is 3.43. The van der Waals surface area contributed by atoms with Crippen molar-refractivity contribution in [3.8, 4) is 23.0 Å². The van der Waals surface area contributed by atoms with Gasteiger partial charge < -0.3 is 24.1 Å². The predicted molar refractivity (Wildman–Crippen MR) is 94.1 cm³/mol. The lowest BCUT2D eigenvalue weighted by Gasteiger charge is -2.13. The standard InChI is InChI=1S/C19H18O7/c1-23-16-10-12(11-17(24-2)18(16)26-19(22)25-3)8-9-15(21)13-6-4-5-7-14(13)20/h4-11,20H,1-3H3/b9-8+. The van der Waals surface area contributed by atoms with E-state index in [0.29, 0.717) is 5.56 Å². The number of carbonyl (C=O) groups excluding carboxylic acids is 2.